The van der Waals surface area contributed by atoms with Gasteiger partial charge in [0.05, 0.1) is 4.90 Å². The van der Waals surface area contributed by atoms with Gasteiger partial charge in [-0.1, -0.05) is 17.9 Å². The Bertz CT molecular complexity index is 636. The van der Waals surface area contributed by atoms with E-state index in [1.807, 2.05) is 6.92 Å². The van der Waals surface area contributed by atoms with Crippen molar-refractivity contribution in [3.8, 4) is 11.8 Å². The zero-order valence-electron chi connectivity index (χ0n) is 11.0. The molecule has 0 saturated heterocycles. The van der Waals surface area contributed by atoms with Gasteiger partial charge in [0.25, 0.3) is 0 Å². The molecule has 19 heavy (non-hydrogen) atoms. The Morgan fingerprint density at radius 2 is 2.11 bits per heavy atom. The van der Waals surface area contributed by atoms with Crippen LogP contribution in [0.5, 0.6) is 0 Å². The molecule has 0 aromatic heterocycles. The summed E-state index contributed by atoms with van der Waals surface area (Å²) in [6.45, 7) is 1.59. The summed E-state index contributed by atoms with van der Waals surface area (Å²) in [4.78, 5) is 0.216. The fraction of sp³-hybridized carbons (Fsp3) is 0.429. The van der Waals surface area contributed by atoms with Gasteiger partial charge in [-0.05, 0) is 37.5 Å². The number of hydrogen-bond donors (Lipinski definition) is 1. The third-order valence-corrected chi connectivity index (χ3v) is 5.12. The summed E-state index contributed by atoms with van der Waals surface area (Å²) < 4.78 is 26.4. The fourth-order valence-corrected chi connectivity index (χ4v) is 3.43. The number of hydrogen-bond acceptors (Lipinski definition) is 3. The van der Waals surface area contributed by atoms with E-state index in [0.717, 1.165) is 18.4 Å². The Labute approximate surface area is 114 Å². The molecule has 1 saturated carbocycles. The van der Waals surface area contributed by atoms with Crippen LogP contribution in [0.3, 0.4) is 0 Å². The summed E-state index contributed by atoms with van der Waals surface area (Å²) in [6.07, 6.45) is 1.83. The smallest absolute Gasteiger partial charge is 0.244 e. The quantitative estimate of drug-likeness (QED) is 0.844. The molecule has 1 N–H and O–H groups in total. The Hall–Kier alpha value is -1.35. The molecule has 0 amide bonds. The molecule has 0 atom stereocenters. The normalized spacial score (nSPS) is 15.2. The first-order chi connectivity index (χ1) is 8.96. The van der Waals surface area contributed by atoms with Crippen molar-refractivity contribution in [1.82, 2.24) is 4.31 Å². The van der Waals surface area contributed by atoms with Crippen LogP contribution in [0.25, 0.3) is 0 Å². The van der Waals surface area contributed by atoms with Gasteiger partial charge in [-0.25, -0.2) is 8.42 Å². The minimum absolute atomic E-state index is 0.116. The van der Waals surface area contributed by atoms with Crippen LogP contribution in [-0.4, -0.2) is 37.5 Å². The van der Waals surface area contributed by atoms with Crippen LogP contribution < -0.4 is 0 Å². The maximum Gasteiger partial charge on any atom is 0.244 e. The summed E-state index contributed by atoms with van der Waals surface area (Å²) in [7, 11) is -1.90. The highest BCUT2D eigenvalue weighted by Crippen LogP contribution is 2.31. The molecule has 1 aromatic rings. The van der Waals surface area contributed by atoms with Crippen molar-refractivity contribution < 1.29 is 13.5 Å². The molecule has 2 rings (SSSR count). The van der Waals surface area contributed by atoms with Crippen molar-refractivity contribution >= 4 is 10.0 Å². The summed E-state index contributed by atoms with van der Waals surface area (Å²) in [5, 5.41) is 8.76. The molecule has 0 bridgehead atoms. The molecule has 5 heteroatoms. The molecule has 1 aliphatic carbocycles. The SMILES string of the molecule is Cc1ccc(S(=O)(=O)N(C)C2CC2)c(C#CCO)c1. The predicted molar refractivity (Wildman–Crippen MR) is 73.1 cm³/mol. The second-order valence-corrected chi connectivity index (χ2v) is 6.68. The molecule has 0 spiro atoms. The van der Waals surface area contributed by atoms with Crippen LogP contribution in [0.15, 0.2) is 23.1 Å². The van der Waals surface area contributed by atoms with Gasteiger partial charge in [0.2, 0.25) is 10.0 Å². The van der Waals surface area contributed by atoms with Gasteiger partial charge in [-0.15, -0.1) is 0 Å². The van der Waals surface area contributed by atoms with Gasteiger partial charge in [-0.3, -0.25) is 0 Å². The first-order valence-corrected chi connectivity index (χ1v) is 7.59. The van der Waals surface area contributed by atoms with Gasteiger partial charge in [0.15, 0.2) is 0 Å². The molecular weight excluding hydrogens is 262 g/mol. The van der Waals surface area contributed by atoms with E-state index in [1.165, 1.54) is 4.31 Å². The van der Waals surface area contributed by atoms with Crippen molar-refractivity contribution in [2.45, 2.75) is 30.7 Å². The van der Waals surface area contributed by atoms with Crippen LogP contribution >= 0.6 is 0 Å². The average Bonchev–Trinajstić information content (AvgIpc) is 3.19. The van der Waals surface area contributed by atoms with E-state index in [0.29, 0.717) is 5.56 Å². The predicted octanol–water partition coefficient (Wildman–Crippen LogP) is 1.12. The zero-order chi connectivity index (χ0) is 14.0. The average molecular weight is 279 g/mol. The number of aliphatic hydroxyl groups excluding tert-OH is 1. The number of nitrogens with zero attached hydrogens (tertiary/aromatic N) is 1. The third-order valence-electron chi connectivity index (χ3n) is 3.16. The number of aliphatic hydroxyl groups is 1. The number of aryl methyl sites for hydroxylation is 1. The van der Waals surface area contributed by atoms with E-state index < -0.39 is 10.0 Å². The molecule has 0 heterocycles. The van der Waals surface area contributed by atoms with Crippen molar-refractivity contribution in [2.75, 3.05) is 13.7 Å². The highest BCUT2D eigenvalue weighted by atomic mass is 32.2. The van der Waals surface area contributed by atoms with E-state index in [1.54, 1.807) is 25.2 Å². The maximum atomic E-state index is 12.5. The second kappa shape index (κ2) is 5.33. The molecule has 1 aromatic carbocycles. The summed E-state index contributed by atoms with van der Waals surface area (Å²) >= 11 is 0. The maximum absolute atomic E-state index is 12.5. The Balaban J connectivity index is 2.48. The van der Waals surface area contributed by atoms with Gasteiger partial charge < -0.3 is 5.11 Å². The Kier molecular flexibility index (Phi) is 3.95. The lowest BCUT2D eigenvalue weighted by Gasteiger charge is -2.17. The highest BCUT2D eigenvalue weighted by Gasteiger charge is 2.35. The van der Waals surface area contributed by atoms with Crippen LogP contribution in [0.1, 0.15) is 24.0 Å². The minimum atomic E-state index is -3.50. The first-order valence-electron chi connectivity index (χ1n) is 6.15. The van der Waals surface area contributed by atoms with Gasteiger partial charge in [0.1, 0.15) is 6.61 Å². The first kappa shape index (κ1) is 14.1. The molecule has 4 nitrogen and oxygen atoms in total. The van der Waals surface area contributed by atoms with Crippen molar-refractivity contribution in [3.05, 3.63) is 29.3 Å². The second-order valence-electron chi connectivity index (χ2n) is 4.71. The monoisotopic (exact) mass is 279 g/mol. The number of sulfonamides is 1. The molecule has 0 aliphatic heterocycles. The lowest BCUT2D eigenvalue weighted by atomic mass is 10.1. The summed E-state index contributed by atoms with van der Waals surface area (Å²) in [6, 6.07) is 5.20. The summed E-state index contributed by atoms with van der Waals surface area (Å²) in [5.41, 5.74) is 1.39. The van der Waals surface area contributed by atoms with Gasteiger partial charge in [-0.2, -0.15) is 4.31 Å². The van der Waals surface area contributed by atoms with E-state index >= 15 is 0 Å². The molecule has 0 radical (unpaired) electrons. The van der Waals surface area contributed by atoms with Crippen molar-refractivity contribution in [3.63, 3.8) is 0 Å². The van der Waals surface area contributed by atoms with Crippen LogP contribution in [0.4, 0.5) is 0 Å². The van der Waals surface area contributed by atoms with E-state index in [9.17, 15) is 8.42 Å². The van der Waals surface area contributed by atoms with Gasteiger partial charge >= 0.3 is 0 Å². The van der Waals surface area contributed by atoms with Crippen molar-refractivity contribution in [1.29, 1.82) is 0 Å². The molecule has 1 fully saturated rings. The van der Waals surface area contributed by atoms with Crippen LogP contribution in [0, 0.1) is 18.8 Å². The zero-order valence-corrected chi connectivity index (χ0v) is 11.9. The van der Waals surface area contributed by atoms with E-state index in [-0.39, 0.29) is 17.5 Å². The molecular formula is C14H17NO3S. The van der Waals surface area contributed by atoms with E-state index in [2.05, 4.69) is 11.8 Å². The molecule has 1 aliphatic rings. The number of benzene rings is 1. The van der Waals surface area contributed by atoms with E-state index in [4.69, 9.17) is 5.11 Å². The summed E-state index contributed by atoms with van der Waals surface area (Å²) in [5.74, 6) is 5.23. The Morgan fingerprint density at radius 1 is 1.42 bits per heavy atom. The fourth-order valence-electron chi connectivity index (χ4n) is 1.89. The Morgan fingerprint density at radius 3 is 2.68 bits per heavy atom. The topological polar surface area (TPSA) is 57.6 Å². The standard InChI is InChI=1S/C14H17NO3S/c1-11-5-8-14(12(10-11)4-3-9-16)19(17,18)15(2)13-6-7-13/h5,8,10,13,16H,6-7,9H2,1-2H3. The highest BCUT2D eigenvalue weighted by molar-refractivity contribution is 7.89. The lowest BCUT2D eigenvalue weighted by Crippen LogP contribution is -2.29. The third kappa shape index (κ3) is 2.98. The van der Waals surface area contributed by atoms with Crippen molar-refractivity contribution in [2.24, 2.45) is 0 Å². The molecule has 102 valence electrons. The van der Waals surface area contributed by atoms with Crippen LogP contribution in [0.2, 0.25) is 0 Å². The van der Waals surface area contributed by atoms with Crippen LogP contribution in [-0.2, 0) is 10.0 Å². The number of rotatable bonds is 3. The molecule has 0 unspecified atom stereocenters. The minimum Gasteiger partial charge on any atom is -0.384 e. The lowest BCUT2D eigenvalue weighted by molar-refractivity contribution is 0.350. The van der Waals surface area contributed by atoms with Gasteiger partial charge in [0, 0.05) is 18.7 Å². The largest absolute Gasteiger partial charge is 0.384 e.